The second-order valence-corrected chi connectivity index (χ2v) is 4.10. The molecule has 4 N–H and O–H groups in total. The molecule has 2 rings (SSSR count). The van der Waals surface area contributed by atoms with E-state index in [0.29, 0.717) is 17.1 Å². The highest BCUT2D eigenvalue weighted by molar-refractivity contribution is 5.81. The van der Waals surface area contributed by atoms with Gasteiger partial charge in [0.25, 0.3) is 0 Å². The first-order valence-electron chi connectivity index (χ1n) is 5.11. The van der Waals surface area contributed by atoms with Gasteiger partial charge in [-0.1, -0.05) is 13.8 Å². The number of aromatic nitrogens is 4. The van der Waals surface area contributed by atoms with Gasteiger partial charge in [-0.3, -0.25) is 0 Å². The third-order valence-electron chi connectivity index (χ3n) is 2.12. The predicted octanol–water partition coefficient (Wildman–Crippen LogP) is 0.783. The number of nitrogens with two attached hydrogens (primary N) is 2. The van der Waals surface area contributed by atoms with Crippen molar-refractivity contribution in [3.63, 3.8) is 0 Å². The summed E-state index contributed by atoms with van der Waals surface area (Å²) >= 11 is 0. The van der Waals surface area contributed by atoms with Gasteiger partial charge in [0.1, 0.15) is 0 Å². The van der Waals surface area contributed by atoms with E-state index in [9.17, 15) is 0 Å². The first-order valence-corrected chi connectivity index (χ1v) is 5.11. The molecule has 0 aliphatic carbocycles. The molecule has 0 aliphatic rings. The highest BCUT2D eigenvalue weighted by atomic mass is 15.1. The highest BCUT2D eigenvalue weighted by Crippen LogP contribution is 2.15. The number of anilines is 2. The zero-order chi connectivity index (χ0) is 11.7. The Morgan fingerprint density at radius 1 is 1.19 bits per heavy atom. The van der Waals surface area contributed by atoms with E-state index in [1.54, 1.807) is 6.20 Å². The van der Waals surface area contributed by atoms with Crippen LogP contribution in [0.25, 0.3) is 11.2 Å². The molecule has 0 amide bonds. The van der Waals surface area contributed by atoms with E-state index in [0.717, 1.165) is 12.1 Å². The normalized spacial score (nSPS) is 11.2. The van der Waals surface area contributed by atoms with Crippen LogP contribution in [0.1, 0.15) is 19.5 Å². The van der Waals surface area contributed by atoms with Crippen LogP contribution < -0.4 is 11.5 Å². The summed E-state index contributed by atoms with van der Waals surface area (Å²) in [5.74, 6) is 0.916. The van der Waals surface area contributed by atoms with Crippen LogP contribution in [-0.4, -0.2) is 19.9 Å². The Kier molecular flexibility index (Phi) is 2.55. The Labute approximate surface area is 93.1 Å². The van der Waals surface area contributed by atoms with Crippen LogP contribution in [-0.2, 0) is 6.42 Å². The molecule has 0 unspecified atom stereocenters. The maximum atomic E-state index is 5.72. The molecule has 2 heterocycles. The van der Waals surface area contributed by atoms with Gasteiger partial charge in [0.15, 0.2) is 17.0 Å². The molecular weight excluding hydrogens is 204 g/mol. The van der Waals surface area contributed by atoms with Gasteiger partial charge in [-0.25, -0.2) is 9.97 Å². The predicted molar refractivity (Wildman–Crippen MR) is 62.5 cm³/mol. The summed E-state index contributed by atoms with van der Waals surface area (Å²) in [5, 5.41) is 0. The summed E-state index contributed by atoms with van der Waals surface area (Å²) < 4.78 is 0. The van der Waals surface area contributed by atoms with Crippen molar-refractivity contribution in [3.8, 4) is 0 Å². The van der Waals surface area contributed by atoms with Crippen molar-refractivity contribution in [1.82, 2.24) is 19.9 Å². The summed E-state index contributed by atoms with van der Waals surface area (Å²) in [6.07, 6.45) is 2.56. The van der Waals surface area contributed by atoms with Crippen LogP contribution in [0.3, 0.4) is 0 Å². The summed E-state index contributed by atoms with van der Waals surface area (Å²) in [5.41, 5.74) is 13.1. The Morgan fingerprint density at radius 3 is 2.62 bits per heavy atom. The van der Waals surface area contributed by atoms with Crippen LogP contribution in [0.5, 0.6) is 0 Å². The quantitative estimate of drug-likeness (QED) is 0.772. The molecule has 16 heavy (non-hydrogen) atoms. The molecule has 6 nitrogen and oxygen atoms in total. The second kappa shape index (κ2) is 3.88. The molecule has 0 saturated carbocycles. The Bertz CT molecular complexity index is 522. The molecule has 0 spiro atoms. The molecule has 84 valence electrons. The summed E-state index contributed by atoms with van der Waals surface area (Å²) in [7, 11) is 0. The van der Waals surface area contributed by atoms with E-state index < -0.39 is 0 Å². The number of nitrogens with zero attached hydrogens (tertiary/aromatic N) is 4. The monoisotopic (exact) mass is 218 g/mol. The minimum Gasteiger partial charge on any atom is -0.382 e. The van der Waals surface area contributed by atoms with Gasteiger partial charge >= 0.3 is 0 Å². The van der Waals surface area contributed by atoms with Gasteiger partial charge in [-0.2, -0.15) is 9.97 Å². The molecule has 0 atom stereocenters. The third-order valence-corrected chi connectivity index (χ3v) is 2.12. The van der Waals surface area contributed by atoms with Crippen molar-refractivity contribution in [2.45, 2.75) is 20.3 Å². The Morgan fingerprint density at radius 2 is 1.94 bits per heavy atom. The van der Waals surface area contributed by atoms with Crippen molar-refractivity contribution in [3.05, 3.63) is 11.9 Å². The van der Waals surface area contributed by atoms with Gasteiger partial charge in [-0.15, -0.1) is 0 Å². The first-order chi connectivity index (χ1) is 7.56. The van der Waals surface area contributed by atoms with Crippen LogP contribution in [0, 0.1) is 5.92 Å². The topological polar surface area (TPSA) is 104 Å². The molecular formula is C10H14N6. The van der Waals surface area contributed by atoms with Crippen molar-refractivity contribution >= 4 is 22.9 Å². The van der Waals surface area contributed by atoms with Crippen molar-refractivity contribution in [2.75, 3.05) is 11.5 Å². The van der Waals surface area contributed by atoms with E-state index in [-0.39, 0.29) is 11.8 Å². The lowest BCUT2D eigenvalue weighted by Crippen LogP contribution is -2.05. The third kappa shape index (κ3) is 2.00. The highest BCUT2D eigenvalue weighted by Gasteiger charge is 2.08. The number of fused-ring (bicyclic) bond motifs is 1. The fourth-order valence-corrected chi connectivity index (χ4v) is 1.50. The fourth-order valence-electron chi connectivity index (χ4n) is 1.50. The van der Waals surface area contributed by atoms with Crippen LogP contribution in [0.15, 0.2) is 6.20 Å². The molecule has 2 aromatic heterocycles. The summed E-state index contributed by atoms with van der Waals surface area (Å²) in [4.78, 5) is 16.4. The zero-order valence-electron chi connectivity index (χ0n) is 9.31. The largest absolute Gasteiger partial charge is 0.382 e. The second-order valence-electron chi connectivity index (χ2n) is 4.10. The maximum absolute atomic E-state index is 5.72. The molecule has 0 aromatic carbocycles. The molecule has 2 aromatic rings. The van der Waals surface area contributed by atoms with Gasteiger partial charge in [-0.05, 0) is 12.3 Å². The van der Waals surface area contributed by atoms with E-state index in [4.69, 9.17) is 11.5 Å². The van der Waals surface area contributed by atoms with E-state index >= 15 is 0 Å². The lowest BCUT2D eigenvalue weighted by Gasteiger charge is -2.05. The molecule has 0 saturated heterocycles. The minimum absolute atomic E-state index is 0.121. The number of nitrogen functional groups attached to an aromatic ring is 2. The van der Waals surface area contributed by atoms with Gasteiger partial charge in [0.2, 0.25) is 5.95 Å². The minimum atomic E-state index is 0.121. The SMILES string of the molecule is CC(C)Cc1cnc2nc(N)nc(N)c2n1. The molecule has 0 bridgehead atoms. The number of rotatable bonds is 2. The van der Waals surface area contributed by atoms with E-state index in [2.05, 4.69) is 33.8 Å². The summed E-state index contributed by atoms with van der Waals surface area (Å²) in [6, 6.07) is 0. The summed E-state index contributed by atoms with van der Waals surface area (Å²) in [6.45, 7) is 4.24. The first kappa shape index (κ1) is 10.5. The Hall–Kier alpha value is -1.98. The van der Waals surface area contributed by atoms with Crippen molar-refractivity contribution < 1.29 is 0 Å². The van der Waals surface area contributed by atoms with E-state index in [1.165, 1.54) is 0 Å². The standard InChI is InChI=1S/C10H14N6/c1-5(2)3-6-4-13-9-7(14-6)8(11)15-10(12)16-9/h4-5H,3H2,1-2H3,(H4,11,12,13,15,16). The molecule has 0 aliphatic heterocycles. The van der Waals surface area contributed by atoms with Crippen LogP contribution >= 0.6 is 0 Å². The van der Waals surface area contributed by atoms with Crippen molar-refractivity contribution in [1.29, 1.82) is 0 Å². The smallest absolute Gasteiger partial charge is 0.224 e. The van der Waals surface area contributed by atoms with E-state index in [1.807, 2.05) is 0 Å². The number of hydrogen-bond donors (Lipinski definition) is 2. The lowest BCUT2D eigenvalue weighted by atomic mass is 10.1. The van der Waals surface area contributed by atoms with Gasteiger partial charge in [0.05, 0.1) is 11.9 Å². The number of hydrogen-bond acceptors (Lipinski definition) is 6. The maximum Gasteiger partial charge on any atom is 0.224 e. The van der Waals surface area contributed by atoms with Crippen molar-refractivity contribution in [2.24, 2.45) is 5.92 Å². The average Bonchev–Trinajstić information content (AvgIpc) is 2.18. The Balaban J connectivity index is 2.53. The zero-order valence-corrected chi connectivity index (χ0v) is 9.31. The van der Waals surface area contributed by atoms with Gasteiger partial charge in [0, 0.05) is 0 Å². The van der Waals surface area contributed by atoms with Crippen LogP contribution in [0.2, 0.25) is 0 Å². The average molecular weight is 218 g/mol. The van der Waals surface area contributed by atoms with Gasteiger partial charge < -0.3 is 11.5 Å². The lowest BCUT2D eigenvalue weighted by molar-refractivity contribution is 0.635. The fraction of sp³-hybridized carbons (Fsp3) is 0.400. The molecule has 0 fully saturated rings. The molecule has 0 radical (unpaired) electrons. The van der Waals surface area contributed by atoms with Crippen LogP contribution in [0.4, 0.5) is 11.8 Å². The molecule has 6 heteroatoms.